The lowest BCUT2D eigenvalue weighted by atomic mass is 10.2. The average molecular weight is 212 g/mol. The van der Waals surface area contributed by atoms with Gasteiger partial charge >= 0.3 is 0 Å². The molecule has 0 spiro atoms. The Bertz CT molecular complexity index is 261. The van der Waals surface area contributed by atoms with Gasteiger partial charge in [0.15, 0.2) is 0 Å². The predicted octanol–water partition coefficient (Wildman–Crippen LogP) is -0.486. The van der Waals surface area contributed by atoms with E-state index in [0.717, 1.165) is 25.9 Å². The first-order valence-electron chi connectivity index (χ1n) is 5.43. The summed E-state index contributed by atoms with van der Waals surface area (Å²) in [5.41, 5.74) is 0. The fourth-order valence-corrected chi connectivity index (χ4v) is 1.97. The maximum atomic E-state index is 11.9. The van der Waals surface area contributed by atoms with E-state index in [2.05, 4.69) is 5.32 Å². The second kappa shape index (κ2) is 4.61. The van der Waals surface area contributed by atoms with Gasteiger partial charge in [0.2, 0.25) is 11.8 Å². The molecule has 2 saturated heterocycles. The molecule has 0 aromatic carbocycles. The number of nitrogens with zero attached hydrogens (tertiary/aromatic N) is 1. The largest absolute Gasteiger partial charge is 0.378 e. The van der Waals surface area contributed by atoms with Crippen molar-refractivity contribution in [3.63, 3.8) is 0 Å². The van der Waals surface area contributed by atoms with Crippen LogP contribution < -0.4 is 5.32 Å². The molecule has 1 unspecified atom stereocenters. The zero-order chi connectivity index (χ0) is 10.7. The fourth-order valence-electron chi connectivity index (χ4n) is 1.97. The number of ether oxygens (including phenoxy) is 1. The minimum absolute atomic E-state index is 0.00255. The van der Waals surface area contributed by atoms with Gasteiger partial charge in [-0.3, -0.25) is 9.59 Å². The quantitative estimate of drug-likeness (QED) is 0.638. The smallest absolute Gasteiger partial charge is 0.247 e. The van der Waals surface area contributed by atoms with E-state index in [0.29, 0.717) is 19.6 Å². The van der Waals surface area contributed by atoms with Crippen LogP contribution in [0.5, 0.6) is 0 Å². The number of amides is 2. The van der Waals surface area contributed by atoms with Crippen molar-refractivity contribution in [3.8, 4) is 0 Å². The SMILES string of the molecule is O=C1CCOCC(C(=O)N2CCCC2)N1. The van der Waals surface area contributed by atoms with Crippen LogP contribution in [0.2, 0.25) is 0 Å². The second-order valence-corrected chi connectivity index (χ2v) is 3.98. The molecule has 2 aliphatic heterocycles. The number of likely N-dealkylation sites (tertiary alicyclic amines) is 1. The minimum atomic E-state index is -0.474. The highest BCUT2D eigenvalue weighted by Gasteiger charge is 2.29. The molecule has 0 aromatic heterocycles. The van der Waals surface area contributed by atoms with Crippen molar-refractivity contribution < 1.29 is 14.3 Å². The number of rotatable bonds is 1. The summed E-state index contributed by atoms with van der Waals surface area (Å²) in [7, 11) is 0. The van der Waals surface area contributed by atoms with Gasteiger partial charge in [-0.05, 0) is 12.8 Å². The summed E-state index contributed by atoms with van der Waals surface area (Å²) >= 11 is 0. The highest BCUT2D eigenvalue weighted by molar-refractivity contribution is 5.88. The first kappa shape index (κ1) is 10.4. The summed E-state index contributed by atoms with van der Waals surface area (Å²) in [5, 5.41) is 2.70. The molecule has 0 radical (unpaired) electrons. The van der Waals surface area contributed by atoms with Crippen LogP contribution >= 0.6 is 0 Å². The van der Waals surface area contributed by atoms with E-state index in [9.17, 15) is 9.59 Å². The van der Waals surface area contributed by atoms with E-state index >= 15 is 0 Å². The zero-order valence-corrected chi connectivity index (χ0v) is 8.70. The monoisotopic (exact) mass is 212 g/mol. The Morgan fingerprint density at radius 3 is 2.87 bits per heavy atom. The van der Waals surface area contributed by atoms with E-state index in [1.807, 2.05) is 0 Å². The van der Waals surface area contributed by atoms with E-state index in [4.69, 9.17) is 4.74 Å². The Hall–Kier alpha value is -1.10. The van der Waals surface area contributed by atoms with Crippen LogP contribution in [0.3, 0.4) is 0 Å². The molecule has 0 saturated carbocycles. The van der Waals surface area contributed by atoms with Gasteiger partial charge in [-0.1, -0.05) is 0 Å². The van der Waals surface area contributed by atoms with Gasteiger partial charge in [0.1, 0.15) is 6.04 Å². The van der Waals surface area contributed by atoms with Crippen LogP contribution in [-0.2, 0) is 14.3 Å². The molecule has 0 aromatic rings. The Labute approximate surface area is 88.8 Å². The highest BCUT2D eigenvalue weighted by atomic mass is 16.5. The topological polar surface area (TPSA) is 58.6 Å². The van der Waals surface area contributed by atoms with Gasteiger partial charge in [0.25, 0.3) is 0 Å². The molecule has 2 rings (SSSR count). The van der Waals surface area contributed by atoms with Crippen molar-refractivity contribution in [3.05, 3.63) is 0 Å². The first-order chi connectivity index (χ1) is 7.27. The Balaban J connectivity index is 1.95. The predicted molar refractivity (Wildman–Crippen MR) is 53.2 cm³/mol. The molecule has 15 heavy (non-hydrogen) atoms. The van der Waals surface area contributed by atoms with Crippen LogP contribution in [0.1, 0.15) is 19.3 Å². The molecule has 1 atom stereocenters. The van der Waals surface area contributed by atoms with E-state index in [1.165, 1.54) is 0 Å². The lowest BCUT2D eigenvalue weighted by Crippen LogP contribution is -2.48. The first-order valence-corrected chi connectivity index (χ1v) is 5.43. The van der Waals surface area contributed by atoms with Gasteiger partial charge in [0, 0.05) is 19.5 Å². The molecule has 2 heterocycles. The molecular formula is C10H16N2O3. The molecule has 0 bridgehead atoms. The molecule has 1 N–H and O–H groups in total. The lowest BCUT2D eigenvalue weighted by Gasteiger charge is -2.21. The Kier molecular flexibility index (Phi) is 3.20. The highest BCUT2D eigenvalue weighted by Crippen LogP contribution is 2.10. The van der Waals surface area contributed by atoms with E-state index in [1.54, 1.807) is 4.90 Å². The van der Waals surface area contributed by atoms with Gasteiger partial charge in [0.05, 0.1) is 13.2 Å². The molecule has 2 aliphatic rings. The van der Waals surface area contributed by atoms with Crippen molar-refractivity contribution in [2.45, 2.75) is 25.3 Å². The number of hydrogen-bond donors (Lipinski definition) is 1. The molecular weight excluding hydrogens is 196 g/mol. The standard InChI is InChI=1S/C10H16N2O3/c13-9-3-6-15-7-8(11-9)10(14)12-4-1-2-5-12/h8H,1-7H2,(H,11,13). The van der Waals surface area contributed by atoms with Crippen molar-refractivity contribution in [2.75, 3.05) is 26.3 Å². The van der Waals surface area contributed by atoms with Crippen LogP contribution in [0.4, 0.5) is 0 Å². The van der Waals surface area contributed by atoms with Crippen LogP contribution in [0.25, 0.3) is 0 Å². The van der Waals surface area contributed by atoms with Gasteiger partial charge < -0.3 is 15.0 Å². The maximum absolute atomic E-state index is 11.9. The van der Waals surface area contributed by atoms with Crippen molar-refractivity contribution in [2.24, 2.45) is 0 Å². The lowest BCUT2D eigenvalue weighted by molar-refractivity contribution is -0.135. The van der Waals surface area contributed by atoms with Crippen molar-refractivity contribution in [1.82, 2.24) is 10.2 Å². The zero-order valence-electron chi connectivity index (χ0n) is 8.70. The molecule has 5 nitrogen and oxygen atoms in total. The molecule has 0 aliphatic carbocycles. The molecule has 84 valence electrons. The van der Waals surface area contributed by atoms with Crippen LogP contribution in [-0.4, -0.2) is 49.1 Å². The average Bonchev–Trinajstić information content (AvgIpc) is 2.67. The van der Waals surface area contributed by atoms with E-state index in [-0.39, 0.29) is 11.8 Å². The summed E-state index contributed by atoms with van der Waals surface area (Å²) < 4.78 is 5.23. The summed E-state index contributed by atoms with van der Waals surface area (Å²) in [6.07, 6.45) is 2.48. The number of nitrogens with one attached hydrogen (secondary N) is 1. The number of hydrogen-bond acceptors (Lipinski definition) is 3. The number of carbonyl (C=O) groups is 2. The normalized spacial score (nSPS) is 27.3. The third kappa shape index (κ3) is 2.47. The third-order valence-electron chi connectivity index (χ3n) is 2.81. The maximum Gasteiger partial charge on any atom is 0.247 e. The Morgan fingerprint density at radius 1 is 1.40 bits per heavy atom. The van der Waals surface area contributed by atoms with E-state index < -0.39 is 6.04 Å². The molecule has 2 fully saturated rings. The molecule has 2 amide bonds. The van der Waals surface area contributed by atoms with Crippen molar-refractivity contribution >= 4 is 11.8 Å². The van der Waals surface area contributed by atoms with Gasteiger partial charge in [-0.15, -0.1) is 0 Å². The fraction of sp³-hybridized carbons (Fsp3) is 0.800. The van der Waals surface area contributed by atoms with Crippen molar-refractivity contribution in [1.29, 1.82) is 0 Å². The minimum Gasteiger partial charge on any atom is -0.378 e. The Morgan fingerprint density at radius 2 is 2.13 bits per heavy atom. The summed E-state index contributed by atoms with van der Waals surface area (Å²) in [5.74, 6) is -0.0900. The van der Waals surface area contributed by atoms with Gasteiger partial charge in [-0.2, -0.15) is 0 Å². The van der Waals surface area contributed by atoms with Gasteiger partial charge in [-0.25, -0.2) is 0 Å². The third-order valence-corrected chi connectivity index (χ3v) is 2.81. The summed E-state index contributed by atoms with van der Waals surface area (Å²) in [4.78, 5) is 25.0. The molecule has 5 heteroatoms. The second-order valence-electron chi connectivity index (χ2n) is 3.98. The summed E-state index contributed by atoms with van der Waals surface area (Å²) in [6.45, 7) is 2.34. The van der Waals surface area contributed by atoms with Crippen LogP contribution in [0, 0.1) is 0 Å². The summed E-state index contributed by atoms with van der Waals surface area (Å²) in [6, 6.07) is -0.474. The number of carbonyl (C=O) groups excluding carboxylic acids is 2. The van der Waals surface area contributed by atoms with Crippen LogP contribution in [0.15, 0.2) is 0 Å².